The maximum Gasteiger partial charge on any atom is 0.325 e. The van der Waals surface area contributed by atoms with E-state index in [1.807, 2.05) is 20.8 Å². The zero-order chi connectivity index (χ0) is 10.6. The van der Waals surface area contributed by atoms with Crippen LogP contribution in [-0.4, -0.2) is 35.9 Å². The monoisotopic (exact) mass is 189 g/mol. The maximum absolute atomic E-state index is 11.2. The molecule has 2 atom stereocenters. The molecule has 78 valence electrons. The molecular weight excluding hydrogens is 170 g/mol. The van der Waals surface area contributed by atoms with Crippen molar-refractivity contribution >= 4 is 5.97 Å². The minimum Gasteiger partial charge on any atom is -0.468 e. The Hall–Kier alpha value is -0.610. The number of methoxy groups -OCH3 is 1. The van der Waals surface area contributed by atoms with Crippen molar-refractivity contribution in [2.75, 3.05) is 7.11 Å². The van der Waals surface area contributed by atoms with Gasteiger partial charge in [-0.1, -0.05) is 0 Å². The number of rotatable bonds is 3. The Kier molecular flexibility index (Phi) is 4.36. The minimum atomic E-state index is -0.758. The van der Waals surface area contributed by atoms with Gasteiger partial charge in [-0.3, -0.25) is 10.1 Å². The molecule has 4 nitrogen and oxygen atoms in total. The van der Waals surface area contributed by atoms with Crippen molar-refractivity contribution in [3.8, 4) is 0 Å². The van der Waals surface area contributed by atoms with Crippen LogP contribution in [0.3, 0.4) is 0 Å². The van der Waals surface area contributed by atoms with Gasteiger partial charge in [-0.25, -0.2) is 0 Å². The van der Waals surface area contributed by atoms with E-state index in [0.717, 1.165) is 0 Å². The zero-order valence-corrected chi connectivity index (χ0v) is 8.92. The summed E-state index contributed by atoms with van der Waals surface area (Å²) in [6.45, 7) is 7.32. The van der Waals surface area contributed by atoms with Crippen molar-refractivity contribution in [2.24, 2.45) is 0 Å². The van der Waals surface area contributed by atoms with Gasteiger partial charge >= 0.3 is 5.97 Å². The predicted molar refractivity (Wildman–Crippen MR) is 50.4 cm³/mol. The second-order valence-electron chi connectivity index (χ2n) is 4.14. The Balaban J connectivity index is 4.36. The lowest BCUT2D eigenvalue weighted by Gasteiger charge is -2.28. The van der Waals surface area contributed by atoms with Crippen molar-refractivity contribution in [1.82, 2.24) is 5.32 Å². The molecule has 0 saturated carbocycles. The highest BCUT2D eigenvalue weighted by Gasteiger charge is 2.28. The van der Waals surface area contributed by atoms with E-state index in [-0.39, 0.29) is 5.54 Å². The van der Waals surface area contributed by atoms with E-state index >= 15 is 0 Å². The number of carbonyl (C=O) groups is 1. The molecule has 0 bridgehead atoms. The summed E-state index contributed by atoms with van der Waals surface area (Å²) in [6, 6.07) is -0.662. The number of carbonyl (C=O) groups excluding carboxylic acids is 1. The third-order valence-electron chi connectivity index (χ3n) is 1.53. The predicted octanol–water partition coefficient (Wildman–Crippen LogP) is 0.297. The molecule has 0 heterocycles. The topological polar surface area (TPSA) is 58.6 Å². The SMILES string of the molecule is COC(=O)C(NC(C)(C)C)C(C)O. The Bertz CT molecular complexity index is 172. The normalized spacial score (nSPS) is 16.5. The fourth-order valence-electron chi connectivity index (χ4n) is 0.970. The molecule has 0 aliphatic heterocycles. The summed E-state index contributed by atoms with van der Waals surface area (Å²) >= 11 is 0. The standard InChI is InChI=1S/C9H19NO3/c1-6(11)7(8(12)13-5)10-9(2,3)4/h6-7,10-11H,1-5H3. The molecule has 0 aliphatic rings. The van der Waals surface area contributed by atoms with E-state index in [0.29, 0.717) is 0 Å². The van der Waals surface area contributed by atoms with Crippen molar-refractivity contribution in [1.29, 1.82) is 0 Å². The van der Waals surface area contributed by atoms with Gasteiger partial charge in [0.2, 0.25) is 0 Å². The summed E-state index contributed by atoms with van der Waals surface area (Å²) in [6.07, 6.45) is -0.758. The Morgan fingerprint density at radius 2 is 1.92 bits per heavy atom. The van der Waals surface area contributed by atoms with Crippen LogP contribution in [0.25, 0.3) is 0 Å². The fourth-order valence-corrected chi connectivity index (χ4v) is 0.970. The molecule has 0 aliphatic carbocycles. The fraction of sp³-hybridized carbons (Fsp3) is 0.889. The molecule has 0 saturated heterocycles. The molecule has 0 aromatic carbocycles. The maximum atomic E-state index is 11.2. The van der Waals surface area contributed by atoms with Gasteiger partial charge in [0.25, 0.3) is 0 Å². The van der Waals surface area contributed by atoms with Crippen LogP contribution >= 0.6 is 0 Å². The van der Waals surface area contributed by atoms with Crippen LogP contribution in [0.1, 0.15) is 27.7 Å². The molecule has 2 N–H and O–H groups in total. The third-order valence-corrected chi connectivity index (χ3v) is 1.53. The summed E-state index contributed by atoms with van der Waals surface area (Å²) in [5, 5.41) is 12.3. The highest BCUT2D eigenvalue weighted by molar-refractivity contribution is 5.76. The van der Waals surface area contributed by atoms with Crippen LogP contribution < -0.4 is 5.32 Å². The van der Waals surface area contributed by atoms with Crippen LogP contribution in [-0.2, 0) is 9.53 Å². The lowest BCUT2D eigenvalue weighted by atomic mass is 10.0. The number of aliphatic hydroxyl groups excluding tert-OH is 1. The van der Waals surface area contributed by atoms with E-state index in [4.69, 9.17) is 0 Å². The third kappa shape index (κ3) is 4.85. The number of aliphatic hydroxyl groups is 1. The quantitative estimate of drug-likeness (QED) is 0.627. The second kappa shape index (κ2) is 4.58. The number of hydrogen-bond donors (Lipinski definition) is 2. The first-order valence-electron chi connectivity index (χ1n) is 4.31. The molecule has 13 heavy (non-hydrogen) atoms. The first-order chi connectivity index (χ1) is 5.78. The van der Waals surface area contributed by atoms with Crippen LogP contribution in [0.4, 0.5) is 0 Å². The van der Waals surface area contributed by atoms with Gasteiger partial charge in [-0.05, 0) is 27.7 Å². The summed E-state index contributed by atoms with van der Waals surface area (Å²) in [5.74, 6) is -0.440. The Morgan fingerprint density at radius 3 is 2.15 bits per heavy atom. The zero-order valence-electron chi connectivity index (χ0n) is 8.92. The number of nitrogens with one attached hydrogen (secondary N) is 1. The molecule has 0 amide bonds. The van der Waals surface area contributed by atoms with E-state index in [1.54, 1.807) is 6.92 Å². The lowest BCUT2D eigenvalue weighted by Crippen LogP contribution is -2.53. The van der Waals surface area contributed by atoms with Gasteiger partial charge in [-0.2, -0.15) is 0 Å². The van der Waals surface area contributed by atoms with E-state index in [9.17, 15) is 9.90 Å². The number of ether oxygens (including phenoxy) is 1. The molecule has 0 spiro atoms. The number of hydrogen-bond acceptors (Lipinski definition) is 4. The molecule has 0 fully saturated rings. The molecular formula is C9H19NO3. The highest BCUT2D eigenvalue weighted by atomic mass is 16.5. The largest absolute Gasteiger partial charge is 0.468 e. The second-order valence-corrected chi connectivity index (χ2v) is 4.14. The summed E-state index contributed by atoms with van der Waals surface area (Å²) in [4.78, 5) is 11.2. The van der Waals surface area contributed by atoms with Crippen LogP contribution in [0.2, 0.25) is 0 Å². The number of esters is 1. The van der Waals surface area contributed by atoms with Crippen molar-refractivity contribution in [3.63, 3.8) is 0 Å². The highest BCUT2D eigenvalue weighted by Crippen LogP contribution is 2.05. The average molecular weight is 189 g/mol. The Morgan fingerprint density at radius 1 is 1.46 bits per heavy atom. The van der Waals surface area contributed by atoms with Gasteiger partial charge in [0.05, 0.1) is 13.2 Å². The van der Waals surface area contributed by atoms with Gasteiger partial charge in [0.1, 0.15) is 6.04 Å². The van der Waals surface area contributed by atoms with Crippen LogP contribution in [0.5, 0.6) is 0 Å². The minimum absolute atomic E-state index is 0.226. The average Bonchev–Trinajstić information content (AvgIpc) is 1.96. The van der Waals surface area contributed by atoms with E-state index in [2.05, 4.69) is 10.1 Å². The molecule has 0 aromatic heterocycles. The van der Waals surface area contributed by atoms with Crippen molar-refractivity contribution in [3.05, 3.63) is 0 Å². The van der Waals surface area contributed by atoms with Crippen molar-refractivity contribution in [2.45, 2.75) is 45.4 Å². The summed E-state index contributed by atoms with van der Waals surface area (Å²) in [5.41, 5.74) is -0.226. The van der Waals surface area contributed by atoms with Gasteiger partial charge in [0, 0.05) is 5.54 Å². The van der Waals surface area contributed by atoms with Crippen LogP contribution in [0.15, 0.2) is 0 Å². The smallest absolute Gasteiger partial charge is 0.325 e. The van der Waals surface area contributed by atoms with E-state index in [1.165, 1.54) is 7.11 Å². The molecule has 4 heteroatoms. The summed E-state index contributed by atoms with van der Waals surface area (Å²) in [7, 11) is 1.31. The van der Waals surface area contributed by atoms with Crippen LogP contribution in [0, 0.1) is 0 Å². The summed E-state index contributed by atoms with van der Waals surface area (Å²) < 4.78 is 4.56. The molecule has 0 aromatic rings. The molecule has 2 unspecified atom stereocenters. The lowest BCUT2D eigenvalue weighted by molar-refractivity contribution is -0.146. The molecule has 0 radical (unpaired) electrons. The molecule has 0 rings (SSSR count). The first kappa shape index (κ1) is 12.4. The van der Waals surface area contributed by atoms with Gasteiger partial charge < -0.3 is 9.84 Å². The van der Waals surface area contributed by atoms with Crippen molar-refractivity contribution < 1.29 is 14.6 Å². The van der Waals surface area contributed by atoms with E-state index < -0.39 is 18.1 Å². The van der Waals surface area contributed by atoms with Gasteiger partial charge in [0.15, 0.2) is 0 Å². The Labute approximate surface area is 79.3 Å². The van der Waals surface area contributed by atoms with Gasteiger partial charge in [-0.15, -0.1) is 0 Å². The first-order valence-corrected chi connectivity index (χ1v) is 4.31.